The van der Waals surface area contributed by atoms with Gasteiger partial charge in [-0.1, -0.05) is 45.0 Å². The van der Waals surface area contributed by atoms with Gasteiger partial charge in [-0.25, -0.2) is 4.39 Å². The second kappa shape index (κ2) is 5.63. The number of ether oxygens (including phenoxy) is 1. The van der Waals surface area contributed by atoms with Crippen LogP contribution in [-0.2, 0) is 12.0 Å². The van der Waals surface area contributed by atoms with E-state index in [2.05, 4.69) is 20.8 Å². The summed E-state index contributed by atoms with van der Waals surface area (Å²) in [5.41, 5.74) is 7.04. The third-order valence-corrected chi connectivity index (χ3v) is 3.19. The van der Waals surface area contributed by atoms with Crippen molar-refractivity contribution in [3.05, 3.63) is 59.4 Å². The molecule has 0 spiro atoms. The smallest absolute Gasteiger partial charge is 0.134 e. The molecule has 0 unspecified atom stereocenters. The fraction of sp³-hybridized carbons (Fsp3) is 0.294. The normalized spacial score (nSPS) is 11.4. The molecule has 0 fully saturated rings. The van der Waals surface area contributed by atoms with Crippen molar-refractivity contribution in [2.75, 3.05) is 0 Å². The van der Waals surface area contributed by atoms with Gasteiger partial charge in [0.1, 0.15) is 17.3 Å². The minimum absolute atomic E-state index is 0.0488. The number of halogens is 1. The Morgan fingerprint density at radius 2 is 1.65 bits per heavy atom. The Labute approximate surface area is 119 Å². The summed E-state index contributed by atoms with van der Waals surface area (Å²) >= 11 is 0. The highest BCUT2D eigenvalue weighted by molar-refractivity contribution is 5.44. The molecule has 0 saturated carbocycles. The summed E-state index contributed by atoms with van der Waals surface area (Å²) in [6.45, 7) is 6.46. The molecule has 106 valence electrons. The van der Waals surface area contributed by atoms with Crippen molar-refractivity contribution in [3.63, 3.8) is 0 Å². The SMILES string of the molecule is CC(C)(C)c1ccccc1Oc1cccc(F)c1CN. The second-order valence-corrected chi connectivity index (χ2v) is 5.77. The zero-order chi connectivity index (χ0) is 14.8. The Kier molecular flexibility index (Phi) is 4.09. The highest BCUT2D eigenvalue weighted by Crippen LogP contribution is 2.35. The summed E-state index contributed by atoms with van der Waals surface area (Å²) in [6.07, 6.45) is 0. The number of benzene rings is 2. The maximum Gasteiger partial charge on any atom is 0.134 e. The Hall–Kier alpha value is -1.87. The molecule has 2 aromatic rings. The molecule has 2 rings (SSSR count). The fourth-order valence-corrected chi connectivity index (χ4v) is 2.13. The lowest BCUT2D eigenvalue weighted by molar-refractivity contribution is 0.444. The molecule has 0 heterocycles. The van der Waals surface area contributed by atoms with Crippen LogP contribution in [0, 0.1) is 5.82 Å². The van der Waals surface area contributed by atoms with Crippen LogP contribution in [0.1, 0.15) is 31.9 Å². The molecule has 20 heavy (non-hydrogen) atoms. The van der Waals surface area contributed by atoms with E-state index in [0.29, 0.717) is 11.3 Å². The van der Waals surface area contributed by atoms with Gasteiger partial charge in [0.2, 0.25) is 0 Å². The van der Waals surface area contributed by atoms with Gasteiger partial charge in [0.25, 0.3) is 0 Å². The molecule has 0 aliphatic heterocycles. The minimum atomic E-state index is -0.335. The molecule has 2 N–H and O–H groups in total. The van der Waals surface area contributed by atoms with Gasteiger partial charge in [-0.2, -0.15) is 0 Å². The summed E-state index contributed by atoms with van der Waals surface area (Å²) in [7, 11) is 0. The molecule has 0 aliphatic carbocycles. The van der Waals surface area contributed by atoms with Crippen molar-refractivity contribution >= 4 is 0 Å². The van der Waals surface area contributed by atoms with Crippen LogP contribution in [0.25, 0.3) is 0 Å². The lowest BCUT2D eigenvalue weighted by atomic mass is 9.86. The predicted molar refractivity (Wildman–Crippen MR) is 79.5 cm³/mol. The van der Waals surface area contributed by atoms with Gasteiger partial charge in [-0.15, -0.1) is 0 Å². The predicted octanol–water partition coefficient (Wildman–Crippen LogP) is 4.37. The average Bonchev–Trinajstić information content (AvgIpc) is 2.38. The van der Waals surface area contributed by atoms with E-state index in [9.17, 15) is 4.39 Å². The molecule has 0 atom stereocenters. The first kappa shape index (κ1) is 14.5. The Balaban J connectivity index is 2.44. The van der Waals surface area contributed by atoms with E-state index in [-0.39, 0.29) is 17.8 Å². The molecule has 2 aromatic carbocycles. The second-order valence-electron chi connectivity index (χ2n) is 5.77. The molecular weight excluding hydrogens is 253 g/mol. The van der Waals surface area contributed by atoms with Crippen LogP contribution >= 0.6 is 0 Å². The summed E-state index contributed by atoms with van der Waals surface area (Å²) in [4.78, 5) is 0. The van der Waals surface area contributed by atoms with Crippen LogP contribution in [-0.4, -0.2) is 0 Å². The van der Waals surface area contributed by atoms with Crippen molar-refractivity contribution in [2.45, 2.75) is 32.7 Å². The van der Waals surface area contributed by atoms with E-state index in [1.54, 1.807) is 12.1 Å². The van der Waals surface area contributed by atoms with Crippen LogP contribution in [0.15, 0.2) is 42.5 Å². The van der Waals surface area contributed by atoms with Crippen LogP contribution in [0.4, 0.5) is 4.39 Å². The number of nitrogens with two attached hydrogens (primary N) is 1. The molecular formula is C17H20FNO. The molecule has 0 amide bonds. The van der Waals surface area contributed by atoms with E-state index in [0.717, 1.165) is 11.3 Å². The van der Waals surface area contributed by atoms with E-state index in [4.69, 9.17) is 10.5 Å². The number of para-hydroxylation sites is 1. The molecule has 0 aromatic heterocycles. The van der Waals surface area contributed by atoms with Gasteiger partial charge >= 0.3 is 0 Å². The Morgan fingerprint density at radius 1 is 1.00 bits per heavy atom. The average molecular weight is 273 g/mol. The Morgan fingerprint density at radius 3 is 2.30 bits per heavy atom. The first-order valence-electron chi connectivity index (χ1n) is 6.68. The maximum absolute atomic E-state index is 13.7. The van der Waals surface area contributed by atoms with Gasteiger partial charge in [-0.05, 0) is 23.6 Å². The number of hydrogen-bond donors (Lipinski definition) is 1. The standard InChI is InChI=1S/C17H20FNO/c1-17(2,3)13-7-4-5-9-16(13)20-15-10-6-8-14(18)12(15)11-19/h4-10H,11,19H2,1-3H3. The monoisotopic (exact) mass is 273 g/mol. The summed E-state index contributed by atoms with van der Waals surface area (Å²) in [6, 6.07) is 12.6. The van der Waals surface area contributed by atoms with Gasteiger partial charge in [-0.3, -0.25) is 0 Å². The van der Waals surface area contributed by atoms with E-state index >= 15 is 0 Å². The largest absolute Gasteiger partial charge is 0.457 e. The third-order valence-electron chi connectivity index (χ3n) is 3.19. The van der Waals surface area contributed by atoms with E-state index < -0.39 is 0 Å². The summed E-state index contributed by atoms with van der Waals surface area (Å²) in [5, 5.41) is 0. The van der Waals surface area contributed by atoms with E-state index in [1.807, 2.05) is 24.3 Å². The third kappa shape index (κ3) is 2.99. The van der Waals surface area contributed by atoms with Gasteiger partial charge in [0.15, 0.2) is 0 Å². The highest BCUT2D eigenvalue weighted by Gasteiger charge is 2.19. The van der Waals surface area contributed by atoms with Crippen LogP contribution < -0.4 is 10.5 Å². The minimum Gasteiger partial charge on any atom is -0.457 e. The zero-order valence-corrected chi connectivity index (χ0v) is 12.1. The molecule has 2 nitrogen and oxygen atoms in total. The van der Waals surface area contributed by atoms with Gasteiger partial charge in [0, 0.05) is 17.7 Å². The quantitative estimate of drug-likeness (QED) is 0.901. The van der Waals surface area contributed by atoms with Crippen molar-refractivity contribution < 1.29 is 9.13 Å². The maximum atomic E-state index is 13.7. The Bertz CT molecular complexity index is 602. The van der Waals surface area contributed by atoms with Crippen LogP contribution in [0.3, 0.4) is 0 Å². The van der Waals surface area contributed by atoms with Gasteiger partial charge in [0.05, 0.1) is 0 Å². The fourth-order valence-electron chi connectivity index (χ4n) is 2.13. The van der Waals surface area contributed by atoms with Gasteiger partial charge < -0.3 is 10.5 Å². The highest BCUT2D eigenvalue weighted by atomic mass is 19.1. The first-order valence-corrected chi connectivity index (χ1v) is 6.68. The van der Waals surface area contributed by atoms with Crippen LogP contribution in [0.5, 0.6) is 11.5 Å². The first-order chi connectivity index (χ1) is 9.43. The molecule has 0 aliphatic rings. The van der Waals surface area contributed by atoms with Crippen LogP contribution in [0.2, 0.25) is 0 Å². The van der Waals surface area contributed by atoms with Crippen molar-refractivity contribution in [2.24, 2.45) is 5.73 Å². The molecule has 0 radical (unpaired) electrons. The zero-order valence-electron chi connectivity index (χ0n) is 12.1. The topological polar surface area (TPSA) is 35.2 Å². The van der Waals surface area contributed by atoms with Crippen molar-refractivity contribution in [3.8, 4) is 11.5 Å². The molecule has 0 saturated heterocycles. The lowest BCUT2D eigenvalue weighted by Gasteiger charge is -2.23. The lowest BCUT2D eigenvalue weighted by Crippen LogP contribution is -2.12. The van der Waals surface area contributed by atoms with E-state index in [1.165, 1.54) is 6.07 Å². The number of rotatable bonds is 3. The summed E-state index contributed by atoms with van der Waals surface area (Å²) < 4.78 is 19.6. The molecule has 0 bridgehead atoms. The van der Waals surface area contributed by atoms with Crippen molar-refractivity contribution in [1.29, 1.82) is 0 Å². The summed E-state index contributed by atoms with van der Waals surface area (Å²) in [5.74, 6) is 0.878. The number of hydrogen-bond acceptors (Lipinski definition) is 2. The molecule has 3 heteroatoms. The van der Waals surface area contributed by atoms with Crippen molar-refractivity contribution in [1.82, 2.24) is 0 Å².